The molecule has 3 atom stereocenters. The molecule has 0 spiro atoms. The predicted molar refractivity (Wildman–Crippen MR) is 101 cm³/mol. The summed E-state index contributed by atoms with van der Waals surface area (Å²) < 4.78 is 5.02. The molecule has 0 aromatic heterocycles. The lowest BCUT2D eigenvalue weighted by atomic mass is 9.81. The van der Waals surface area contributed by atoms with Crippen LogP contribution in [0.5, 0.6) is 0 Å². The van der Waals surface area contributed by atoms with Crippen LogP contribution in [0.4, 0.5) is 0 Å². The SMILES string of the molecule is C[C@@H](C(=O)OCC(=O)NCc1ccc(Cl)cc1)N1C(=O)[C@H]2CCCC[C@H]2C1=O. The minimum absolute atomic E-state index is 0.273. The number of carbonyl (C=O) groups excluding carboxylic acids is 4. The van der Waals surface area contributed by atoms with Gasteiger partial charge in [0.25, 0.3) is 5.91 Å². The fourth-order valence-corrected chi connectivity index (χ4v) is 3.91. The molecule has 2 fully saturated rings. The van der Waals surface area contributed by atoms with E-state index in [9.17, 15) is 19.2 Å². The Morgan fingerprint density at radius 1 is 1.14 bits per heavy atom. The second-order valence-electron chi connectivity index (χ2n) is 7.23. The smallest absolute Gasteiger partial charge is 0.329 e. The van der Waals surface area contributed by atoms with Crippen molar-refractivity contribution in [1.29, 1.82) is 0 Å². The van der Waals surface area contributed by atoms with Gasteiger partial charge in [0.05, 0.1) is 11.8 Å². The first-order valence-electron chi connectivity index (χ1n) is 9.43. The average Bonchev–Trinajstić information content (AvgIpc) is 2.96. The fourth-order valence-electron chi connectivity index (χ4n) is 3.79. The molecule has 1 heterocycles. The summed E-state index contributed by atoms with van der Waals surface area (Å²) >= 11 is 5.81. The molecule has 150 valence electrons. The zero-order valence-corrected chi connectivity index (χ0v) is 16.4. The molecule has 0 unspecified atom stereocenters. The third-order valence-corrected chi connectivity index (χ3v) is 5.60. The van der Waals surface area contributed by atoms with Gasteiger partial charge in [-0.25, -0.2) is 4.79 Å². The summed E-state index contributed by atoms with van der Waals surface area (Å²) in [6.07, 6.45) is 3.20. The van der Waals surface area contributed by atoms with E-state index in [2.05, 4.69) is 5.32 Å². The molecular weight excluding hydrogens is 384 g/mol. The Bertz CT molecular complexity index is 755. The summed E-state index contributed by atoms with van der Waals surface area (Å²) in [5, 5.41) is 3.23. The highest BCUT2D eigenvalue weighted by Gasteiger charge is 2.51. The number of fused-ring (bicyclic) bond motifs is 1. The van der Waals surface area contributed by atoms with Gasteiger partial charge in [-0.2, -0.15) is 0 Å². The van der Waals surface area contributed by atoms with E-state index in [4.69, 9.17) is 16.3 Å². The molecule has 1 aromatic carbocycles. The summed E-state index contributed by atoms with van der Waals surface area (Å²) in [6.45, 7) is 1.26. The van der Waals surface area contributed by atoms with Gasteiger partial charge in [-0.05, 0) is 37.5 Å². The van der Waals surface area contributed by atoms with Crippen molar-refractivity contribution in [2.45, 2.75) is 45.2 Å². The number of nitrogens with one attached hydrogen (secondary N) is 1. The fraction of sp³-hybridized carbons (Fsp3) is 0.500. The first-order valence-corrected chi connectivity index (χ1v) is 9.81. The number of imide groups is 1. The molecule has 8 heteroatoms. The predicted octanol–water partition coefficient (Wildman–Crippen LogP) is 2.06. The van der Waals surface area contributed by atoms with E-state index in [-0.39, 0.29) is 30.2 Å². The van der Waals surface area contributed by atoms with E-state index in [1.165, 1.54) is 6.92 Å². The van der Waals surface area contributed by atoms with Crippen LogP contribution in [0.1, 0.15) is 38.2 Å². The Balaban J connectivity index is 1.48. The lowest BCUT2D eigenvalue weighted by Gasteiger charge is -2.21. The number of hydrogen-bond donors (Lipinski definition) is 1. The van der Waals surface area contributed by atoms with Crippen LogP contribution < -0.4 is 5.32 Å². The van der Waals surface area contributed by atoms with E-state index >= 15 is 0 Å². The van der Waals surface area contributed by atoms with Gasteiger partial charge in [0, 0.05) is 11.6 Å². The number of ether oxygens (including phenoxy) is 1. The van der Waals surface area contributed by atoms with Gasteiger partial charge in [-0.1, -0.05) is 36.6 Å². The normalized spacial score (nSPS) is 22.6. The molecule has 1 saturated carbocycles. The number of nitrogens with zero attached hydrogens (tertiary/aromatic N) is 1. The van der Waals surface area contributed by atoms with Crippen molar-refractivity contribution < 1.29 is 23.9 Å². The molecular formula is C20H23ClN2O5. The number of esters is 1. The molecule has 3 amide bonds. The topological polar surface area (TPSA) is 92.8 Å². The highest BCUT2D eigenvalue weighted by molar-refractivity contribution is 6.30. The van der Waals surface area contributed by atoms with Crippen LogP contribution in [-0.2, 0) is 30.5 Å². The van der Waals surface area contributed by atoms with Crippen molar-refractivity contribution in [3.8, 4) is 0 Å². The molecule has 1 N–H and O–H groups in total. The molecule has 1 saturated heterocycles. The summed E-state index contributed by atoms with van der Waals surface area (Å²) in [4.78, 5) is 50.3. The van der Waals surface area contributed by atoms with E-state index in [0.717, 1.165) is 23.3 Å². The van der Waals surface area contributed by atoms with Crippen LogP contribution >= 0.6 is 11.6 Å². The number of benzene rings is 1. The zero-order valence-electron chi connectivity index (χ0n) is 15.7. The minimum Gasteiger partial charge on any atom is -0.454 e. The maximum atomic E-state index is 12.5. The molecule has 3 rings (SSSR count). The van der Waals surface area contributed by atoms with Gasteiger partial charge in [0.15, 0.2) is 6.61 Å². The Kier molecular flexibility index (Phi) is 6.34. The van der Waals surface area contributed by atoms with Crippen molar-refractivity contribution in [1.82, 2.24) is 10.2 Å². The van der Waals surface area contributed by atoms with Crippen LogP contribution in [0.15, 0.2) is 24.3 Å². The van der Waals surface area contributed by atoms with Gasteiger partial charge in [-0.15, -0.1) is 0 Å². The van der Waals surface area contributed by atoms with Gasteiger partial charge in [0.2, 0.25) is 11.8 Å². The molecule has 7 nitrogen and oxygen atoms in total. The number of hydrogen-bond acceptors (Lipinski definition) is 5. The lowest BCUT2D eigenvalue weighted by Crippen LogP contribution is -2.45. The number of rotatable bonds is 6. The Morgan fingerprint density at radius 3 is 2.29 bits per heavy atom. The van der Waals surface area contributed by atoms with E-state index in [1.807, 2.05) is 0 Å². The van der Waals surface area contributed by atoms with E-state index in [1.54, 1.807) is 24.3 Å². The molecule has 2 aliphatic rings. The highest BCUT2D eigenvalue weighted by Crippen LogP contribution is 2.38. The number of amides is 3. The maximum Gasteiger partial charge on any atom is 0.329 e. The molecule has 28 heavy (non-hydrogen) atoms. The summed E-state index contributed by atoms with van der Waals surface area (Å²) in [6, 6.07) is 5.95. The lowest BCUT2D eigenvalue weighted by molar-refractivity contribution is -0.159. The molecule has 1 aliphatic heterocycles. The van der Waals surface area contributed by atoms with E-state index < -0.39 is 24.5 Å². The first-order chi connectivity index (χ1) is 13.4. The van der Waals surface area contributed by atoms with Crippen LogP contribution in [0, 0.1) is 11.8 Å². The number of likely N-dealkylation sites (tertiary alicyclic amines) is 1. The number of halogens is 1. The highest BCUT2D eigenvalue weighted by atomic mass is 35.5. The second-order valence-corrected chi connectivity index (χ2v) is 7.67. The van der Waals surface area contributed by atoms with Gasteiger partial charge in [-0.3, -0.25) is 19.3 Å². The van der Waals surface area contributed by atoms with Crippen molar-refractivity contribution >= 4 is 35.3 Å². The van der Waals surface area contributed by atoms with Gasteiger partial charge in [0.1, 0.15) is 6.04 Å². The molecule has 0 radical (unpaired) electrons. The Labute approximate surface area is 168 Å². The molecule has 0 bridgehead atoms. The Morgan fingerprint density at radius 2 is 1.71 bits per heavy atom. The van der Waals surface area contributed by atoms with Crippen LogP contribution in [0.3, 0.4) is 0 Å². The summed E-state index contributed by atoms with van der Waals surface area (Å²) in [7, 11) is 0. The summed E-state index contributed by atoms with van der Waals surface area (Å²) in [5.74, 6) is -2.47. The van der Waals surface area contributed by atoms with Gasteiger partial charge < -0.3 is 10.1 Å². The Hall–Kier alpha value is -2.41. The van der Waals surface area contributed by atoms with Crippen LogP contribution in [-0.4, -0.2) is 41.2 Å². The van der Waals surface area contributed by atoms with E-state index in [0.29, 0.717) is 17.9 Å². The van der Waals surface area contributed by atoms with Crippen molar-refractivity contribution in [2.75, 3.05) is 6.61 Å². The quantitative estimate of drug-likeness (QED) is 0.576. The maximum absolute atomic E-state index is 12.5. The van der Waals surface area contributed by atoms with Crippen molar-refractivity contribution in [2.24, 2.45) is 11.8 Å². The van der Waals surface area contributed by atoms with Crippen molar-refractivity contribution in [3.63, 3.8) is 0 Å². The standard InChI is InChI=1S/C20H23ClN2O5/c1-12(23-18(25)15-4-2-3-5-16(15)19(23)26)20(27)28-11-17(24)22-10-13-6-8-14(21)9-7-13/h6-9,12,15-16H,2-5,10-11H2,1H3,(H,22,24)/t12-,15-,16+/m0/s1. The van der Waals surface area contributed by atoms with Gasteiger partial charge >= 0.3 is 5.97 Å². The number of carbonyl (C=O) groups is 4. The van der Waals surface area contributed by atoms with Crippen molar-refractivity contribution in [3.05, 3.63) is 34.9 Å². The molecule has 1 aliphatic carbocycles. The minimum atomic E-state index is -1.03. The third kappa shape index (κ3) is 4.35. The molecule has 1 aromatic rings. The second kappa shape index (κ2) is 8.73. The first kappa shape index (κ1) is 20.3. The third-order valence-electron chi connectivity index (χ3n) is 5.35. The summed E-state index contributed by atoms with van der Waals surface area (Å²) in [5.41, 5.74) is 0.855. The average molecular weight is 407 g/mol. The van der Waals surface area contributed by atoms with Crippen LogP contribution in [0.2, 0.25) is 5.02 Å². The monoisotopic (exact) mass is 406 g/mol. The van der Waals surface area contributed by atoms with Crippen LogP contribution in [0.25, 0.3) is 0 Å². The zero-order chi connectivity index (χ0) is 20.3. The largest absolute Gasteiger partial charge is 0.454 e.